The third-order valence-corrected chi connectivity index (χ3v) is 5.10. The lowest BCUT2D eigenvalue weighted by molar-refractivity contribution is 0.395. The molecule has 1 aliphatic carbocycles. The van der Waals surface area contributed by atoms with Gasteiger partial charge in [0, 0.05) is 37.4 Å². The van der Waals surface area contributed by atoms with Gasteiger partial charge in [-0.2, -0.15) is 5.26 Å². The average molecular weight is 350 g/mol. The minimum absolute atomic E-state index is 0.456. The van der Waals surface area contributed by atoms with Crippen molar-refractivity contribution in [2.45, 2.75) is 37.8 Å². The first-order chi connectivity index (χ1) is 12.8. The number of rotatable bonds is 5. The molecular weight excluding hydrogens is 328 g/mol. The van der Waals surface area contributed by atoms with E-state index in [2.05, 4.69) is 30.8 Å². The van der Waals surface area contributed by atoms with E-state index in [1.807, 2.05) is 12.1 Å². The summed E-state index contributed by atoms with van der Waals surface area (Å²) >= 11 is 0. The van der Waals surface area contributed by atoms with Gasteiger partial charge in [-0.25, -0.2) is 15.0 Å². The molecule has 0 aromatic carbocycles. The molecule has 0 N–H and O–H groups in total. The molecule has 26 heavy (non-hydrogen) atoms. The first kappa shape index (κ1) is 16.6. The maximum Gasteiger partial charge on any atom is 0.218 e. The fourth-order valence-corrected chi connectivity index (χ4v) is 3.64. The zero-order valence-electron chi connectivity index (χ0n) is 14.9. The molecule has 0 bridgehead atoms. The van der Waals surface area contributed by atoms with Crippen LogP contribution in [0.5, 0.6) is 5.88 Å². The van der Waals surface area contributed by atoms with Crippen LogP contribution in [0.3, 0.4) is 0 Å². The van der Waals surface area contributed by atoms with Crippen LogP contribution < -0.4 is 14.5 Å². The van der Waals surface area contributed by atoms with Crippen molar-refractivity contribution in [1.82, 2.24) is 15.0 Å². The lowest BCUT2D eigenvalue weighted by Crippen LogP contribution is -2.46. The molecule has 134 valence electrons. The van der Waals surface area contributed by atoms with Gasteiger partial charge in [0.1, 0.15) is 18.0 Å². The molecule has 7 heteroatoms. The Balaban J connectivity index is 1.47. The van der Waals surface area contributed by atoms with E-state index < -0.39 is 0 Å². The molecule has 2 aromatic heterocycles. The van der Waals surface area contributed by atoms with Gasteiger partial charge in [-0.15, -0.1) is 0 Å². The number of hydrogen-bond donors (Lipinski definition) is 0. The molecule has 1 saturated carbocycles. The largest absolute Gasteiger partial charge is 0.481 e. The van der Waals surface area contributed by atoms with Crippen LogP contribution in [0.25, 0.3) is 0 Å². The predicted molar refractivity (Wildman–Crippen MR) is 98.3 cm³/mol. The van der Waals surface area contributed by atoms with Crippen molar-refractivity contribution in [3.63, 3.8) is 0 Å². The highest BCUT2D eigenvalue weighted by Crippen LogP contribution is 2.36. The molecule has 3 heterocycles. The fourth-order valence-electron chi connectivity index (χ4n) is 3.64. The van der Waals surface area contributed by atoms with Crippen molar-refractivity contribution in [2.75, 3.05) is 30.0 Å². The number of nitriles is 1. The van der Waals surface area contributed by atoms with Gasteiger partial charge in [-0.3, -0.25) is 0 Å². The highest BCUT2D eigenvalue weighted by atomic mass is 16.5. The van der Waals surface area contributed by atoms with E-state index in [0.29, 0.717) is 23.5 Å². The predicted octanol–water partition coefficient (Wildman–Crippen LogP) is 2.39. The highest BCUT2D eigenvalue weighted by Gasteiger charge is 2.36. The summed E-state index contributed by atoms with van der Waals surface area (Å²) in [5.74, 6) is 2.46. The second-order valence-corrected chi connectivity index (χ2v) is 6.79. The number of methoxy groups -OCH3 is 1. The Bertz CT molecular complexity index is 808. The maximum absolute atomic E-state index is 9.09. The topological polar surface area (TPSA) is 78.2 Å². The second kappa shape index (κ2) is 7.16. The van der Waals surface area contributed by atoms with Crippen LogP contribution in [0.4, 0.5) is 11.6 Å². The molecule has 7 nitrogen and oxygen atoms in total. The van der Waals surface area contributed by atoms with Crippen LogP contribution in [0.15, 0.2) is 30.7 Å². The van der Waals surface area contributed by atoms with Gasteiger partial charge in [0.2, 0.25) is 5.88 Å². The molecule has 0 unspecified atom stereocenters. The SMILES string of the molecule is COc1cc(N(C2CC2)C2CCN(c3cc(C#N)ccn3)CC2)ncn1. The lowest BCUT2D eigenvalue weighted by atomic mass is 10.0. The number of hydrogen-bond acceptors (Lipinski definition) is 7. The molecule has 0 amide bonds. The molecule has 0 spiro atoms. The van der Waals surface area contributed by atoms with Gasteiger partial charge in [0.05, 0.1) is 18.7 Å². The third-order valence-electron chi connectivity index (χ3n) is 5.10. The van der Waals surface area contributed by atoms with Crippen molar-refractivity contribution in [1.29, 1.82) is 5.26 Å². The Labute approximate surface area is 153 Å². The third kappa shape index (κ3) is 3.40. The molecule has 2 aromatic rings. The Morgan fingerprint density at radius 1 is 1.12 bits per heavy atom. The average Bonchev–Trinajstić information content (AvgIpc) is 3.54. The summed E-state index contributed by atoms with van der Waals surface area (Å²) in [5.41, 5.74) is 0.657. The van der Waals surface area contributed by atoms with Crippen molar-refractivity contribution in [2.24, 2.45) is 0 Å². The number of anilines is 2. The summed E-state index contributed by atoms with van der Waals surface area (Å²) in [5, 5.41) is 9.09. The monoisotopic (exact) mass is 350 g/mol. The van der Waals surface area contributed by atoms with Crippen LogP contribution in [0, 0.1) is 11.3 Å². The molecule has 2 fully saturated rings. The number of nitrogens with zero attached hydrogens (tertiary/aromatic N) is 6. The van der Waals surface area contributed by atoms with Crippen LogP contribution in [0.2, 0.25) is 0 Å². The summed E-state index contributed by atoms with van der Waals surface area (Å²) in [4.78, 5) is 17.8. The van der Waals surface area contributed by atoms with E-state index in [-0.39, 0.29) is 0 Å². The van der Waals surface area contributed by atoms with Gasteiger partial charge in [-0.05, 0) is 37.8 Å². The zero-order chi connectivity index (χ0) is 17.9. The molecule has 1 saturated heterocycles. The molecule has 0 atom stereocenters. The van der Waals surface area contributed by atoms with Gasteiger partial charge < -0.3 is 14.5 Å². The second-order valence-electron chi connectivity index (χ2n) is 6.79. The Hall–Kier alpha value is -2.88. The summed E-state index contributed by atoms with van der Waals surface area (Å²) in [7, 11) is 1.63. The lowest BCUT2D eigenvalue weighted by Gasteiger charge is -2.39. The van der Waals surface area contributed by atoms with Crippen molar-refractivity contribution in [3.05, 3.63) is 36.3 Å². The zero-order valence-corrected chi connectivity index (χ0v) is 14.9. The normalized spacial score (nSPS) is 17.6. The van der Waals surface area contributed by atoms with E-state index >= 15 is 0 Å². The van der Waals surface area contributed by atoms with Gasteiger partial charge in [0.15, 0.2) is 0 Å². The number of pyridine rings is 1. The van der Waals surface area contributed by atoms with Crippen molar-refractivity contribution >= 4 is 11.6 Å². The van der Waals surface area contributed by atoms with Crippen molar-refractivity contribution in [3.8, 4) is 11.9 Å². The van der Waals surface area contributed by atoms with E-state index in [4.69, 9.17) is 10.00 Å². The number of aromatic nitrogens is 3. The smallest absolute Gasteiger partial charge is 0.218 e. The van der Waals surface area contributed by atoms with Crippen LogP contribution in [-0.2, 0) is 0 Å². The molecular formula is C19H22N6O. The Morgan fingerprint density at radius 2 is 1.88 bits per heavy atom. The quantitative estimate of drug-likeness (QED) is 0.819. The highest BCUT2D eigenvalue weighted by molar-refractivity contribution is 5.48. The molecule has 1 aliphatic heterocycles. The summed E-state index contributed by atoms with van der Waals surface area (Å²) in [6, 6.07) is 8.77. The van der Waals surface area contributed by atoms with Crippen molar-refractivity contribution < 1.29 is 4.74 Å². The molecule has 0 radical (unpaired) electrons. The van der Waals surface area contributed by atoms with E-state index in [0.717, 1.165) is 37.6 Å². The van der Waals surface area contributed by atoms with E-state index in [9.17, 15) is 0 Å². The minimum atomic E-state index is 0.456. The minimum Gasteiger partial charge on any atom is -0.481 e. The number of piperidine rings is 1. The van der Waals surface area contributed by atoms with Crippen LogP contribution in [0.1, 0.15) is 31.2 Å². The molecule has 4 rings (SSSR count). The first-order valence-corrected chi connectivity index (χ1v) is 9.04. The van der Waals surface area contributed by atoms with Gasteiger partial charge >= 0.3 is 0 Å². The summed E-state index contributed by atoms with van der Waals surface area (Å²) in [6.45, 7) is 1.86. The van der Waals surface area contributed by atoms with E-state index in [1.165, 1.54) is 12.8 Å². The summed E-state index contributed by atoms with van der Waals surface area (Å²) < 4.78 is 5.27. The van der Waals surface area contributed by atoms with E-state index in [1.54, 1.807) is 25.7 Å². The fraction of sp³-hybridized carbons (Fsp3) is 0.474. The van der Waals surface area contributed by atoms with Gasteiger partial charge in [-0.1, -0.05) is 0 Å². The van der Waals surface area contributed by atoms with Crippen LogP contribution in [-0.4, -0.2) is 47.2 Å². The Morgan fingerprint density at radius 3 is 2.58 bits per heavy atom. The molecule has 2 aliphatic rings. The number of ether oxygens (including phenoxy) is 1. The summed E-state index contributed by atoms with van der Waals surface area (Å²) in [6.07, 6.45) is 7.82. The first-order valence-electron chi connectivity index (χ1n) is 9.04. The Kier molecular flexibility index (Phi) is 4.57. The van der Waals surface area contributed by atoms with Gasteiger partial charge in [0.25, 0.3) is 0 Å². The van der Waals surface area contributed by atoms with Crippen LogP contribution >= 0.6 is 0 Å². The standard InChI is InChI=1S/C19H22N6O/c1-26-19-11-18(22-13-23-19)25(15-2-3-15)16-5-8-24(9-6-16)17-10-14(12-20)4-7-21-17/h4,7,10-11,13,15-16H,2-3,5-6,8-9H2,1H3. The maximum atomic E-state index is 9.09.